The zero-order valence-corrected chi connectivity index (χ0v) is 13.6. The Labute approximate surface area is 128 Å². The maximum absolute atomic E-state index is 7.33. The van der Waals surface area contributed by atoms with E-state index in [4.69, 9.17) is 42.1 Å². The Morgan fingerprint density at radius 2 is 0.619 bits per heavy atom. The molecule has 0 fully saturated rings. The average Bonchev–Trinajstić information content (AvgIpc) is 2.45. The summed E-state index contributed by atoms with van der Waals surface area (Å²) >= 11 is 0. The second-order valence-electron chi connectivity index (χ2n) is 2.70. The van der Waals surface area contributed by atoms with Crippen LogP contribution in [0, 0.1) is 0 Å². The van der Waals surface area contributed by atoms with E-state index in [1.54, 1.807) is 24.3 Å². The lowest BCUT2D eigenvalue weighted by molar-refractivity contribution is 0.117. The molecule has 0 aliphatic carbocycles. The van der Waals surface area contributed by atoms with Gasteiger partial charge in [0, 0.05) is 26.2 Å². The summed E-state index contributed by atoms with van der Waals surface area (Å²) in [6, 6.07) is 0. The maximum Gasteiger partial charge on any atom is 0.668 e. The van der Waals surface area contributed by atoms with Crippen molar-refractivity contribution >= 4 is 9.05 Å². The minimum Gasteiger partial charge on any atom is -0.368 e. The molecule has 9 heteroatoms. The first-order chi connectivity index (χ1) is 9.66. The molecule has 0 bridgehead atoms. The van der Waals surface area contributed by atoms with Crippen LogP contribution in [0.25, 0.3) is 0 Å². The van der Waals surface area contributed by atoms with Gasteiger partial charge in [-0.25, -0.2) is 0 Å². The third-order valence-corrected chi connectivity index (χ3v) is 0.667. The van der Waals surface area contributed by atoms with Crippen LogP contribution in [0.1, 0.15) is 0 Å². The summed E-state index contributed by atoms with van der Waals surface area (Å²) in [7, 11) is -4.61. The van der Waals surface area contributed by atoms with Gasteiger partial charge in [-0.1, -0.05) is 24.3 Å². The van der Waals surface area contributed by atoms with Crippen molar-refractivity contribution < 1.29 is 19.2 Å². The van der Waals surface area contributed by atoms with Crippen molar-refractivity contribution in [3.63, 3.8) is 0 Å². The predicted octanol–water partition coefficient (Wildman–Crippen LogP) is -2.08. The van der Waals surface area contributed by atoms with Crippen LogP contribution < -0.4 is 22.9 Å². The van der Waals surface area contributed by atoms with Crippen LogP contribution in [-0.2, 0) is 0 Å². The Kier molecular flexibility index (Phi) is 55.4. The Hall–Kier alpha value is -1.14. The highest BCUT2D eigenvalue weighted by Gasteiger charge is 2.22. The molecule has 0 unspecified atom stereocenters. The molecule has 0 spiro atoms. The summed E-state index contributed by atoms with van der Waals surface area (Å²) in [5.74, 6) is 0. The Morgan fingerprint density at radius 1 is 0.571 bits per heavy atom. The van der Waals surface area contributed by atoms with Gasteiger partial charge < -0.3 is 42.1 Å². The Balaban J connectivity index is -0.0000000510. The third-order valence-electron chi connectivity index (χ3n) is 0.667. The average molecular weight is 324 g/mol. The van der Waals surface area contributed by atoms with Crippen LogP contribution >= 0.6 is 0 Å². The molecule has 0 saturated carbocycles. The molecule has 0 aromatic carbocycles. The van der Waals surface area contributed by atoms with Gasteiger partial charge in [-0.3, -0.25) is 0 Å². The Morgan fingerprint density at radius 3 is 0.619 bits per heavy atom. The van der Waals surface area contributed by atoms with Crippen LogP contribution in [0.4, 0.5) is 0 Å². The molecule has 128 valence electrons. The quantitative estimate of drug-likeness (QED) is 0.214. The van der Waals surface area contributed by atoms with Crippen molar-refractivity contribution in [2.45, 2.75) is 0 Å². The molecular weight excluding hydrogens is 292 g/mol. The molecule has 0 aliphatic rings. The van der Waals surface area contributed by atoms with E-state index in [1.807, 2.05) is 0 Å². The van der Waals surface area contributed by atoms with Crippen molar-refractivity contribution in [3.8, 4) is 0 Å². The van der Waals surface area contributed by atoms with Crippen molar-refractivity contribution in [2.24, 2.45) is 22.9 Å². The van der Waals surface area contributed by atoms with Gasteiger partial charge in [0.1, 0.15) is 0 Å². The molecule has 0 radical (unpaired) electrons. The minimum atomic E-state index is -4.61. The summed E-state index contributed by atoms with van der Waals surface area (Å²) in [5, 5.41) is 0. The van der Waals surface area contributed by atoms with Crippen LogP contribution in [0.2, 0.25) is 0 Å². The normalized spacial score (nSPS) is 7.62. The molecule has 0 rings (SSSR count). The number of rotatable bonds is 4. The summed E-state index contributed by atoms with van der Waals surface area (Å²) in [4.78, 5) is 29.3. The van der Waals surface area contributed by atoms with Crippen LogP contribution in [0.15, 0.2) is 50.6 Å². The van der Waals surface area contributed by atoms with Gasteiger partial charge >= 0.3 is 9.05 Å². The van der Waals surface area contributed by atoms with Crippen molar-refractivity contribution in [3.05, 3.63) is 50.6 Å². The molecular formula is C12H32N4O4Si. The van der Waals surface area contributed by atoms with Gasteiger partial charge in [0.25, 0.3) is 0 Å². The first-order valence-electron chi connectivity index (χ1n) is 5.79. The van der Waals surface area contributed by atoms with Crippen LogP contribution in [-0.4, -0.2) is 54.4 Å². The van der Waals surface area contributed by atoms with Gasteiger partial charge in [-0.15, -0.1) is 26.3 Å². The zero-order chi connectivity index (χ0) is 18.2. The van der Waals surface area contributed by atoms with Gasteiger partial charge in [0.05, 0.1) is 0 Å². The second-order valence-corrected chi connectivity index (χ2v) is 3.90. The zero-order valence-electron chi connectivity index (χ0n) is 12.6. The standard InChI is InChI=1S/4C3H7N.H4O4Si/c4*1-2-3-4;1-5(2,3)4/h4*2H,1,3-4H2;1-4H. The topological polar surface area (TPSA) is 185 Å². The number of hydrogen-bond donors (Lipinski definition) is 8. The van der Waals surface area contributed by atoms with E-state index in [0.717, 1.165) is 0 Å². The van der Waals surface area contributed by atoms with Crippen molar-refractivity contribution in [1.82, 2.24) is 0 Å². The number of hydrogen-bond acceptors (Lipinski definition) is 8. The highest BCUT2D eigenvalue weighted by Crippen LogP contribution is 1.67. The monoisotopic (exact) mass is 324 g/mol. The fraction of sp³-hybridized carbons (Fsp3) is 0.333. The van der Waals surface area contributed by atoms with Gasteiger partial charge in [0.15, 0.2) is 0 Å². The molecule has 0 saturated heterocycles. The summed E-state index contributed by atoms with van der Waals surface area (Å²) in [5.41, 5.74) is 19.6. The van der Waals surface area contributed by atoms with Gasteiger partial charge in [-0.05, 0) is 0 Å². The molecule has 0 atom stereocenters. The molecule has 0 aliphatic heterocycles. The molecule has 21 heavy (non-hydrogen) atoms. The summed E-state index contributed by atoms with van der Waals surface area (Å²) in [6.45, 7) is 15.8. The molecule has 12 N–H and O–H groups in total. The van der Waals surface area contributed by atoms with Gasteiger partial charge in [0.2, 0.25) is 0 Å². The largest absolute Gasteiger partial charge is 0.668 e. The van der Waals surface area contributed by atoms with E-state index < -0.39 is 9.05 Å². The first kappa shape index (κ1) is 32.0. The van der Waals surface area contributed by atoms with E-state index in [9.17, 15) is 0 Å². The van der Waals surface area contributed by atoms with E-state index in [0.29, 0.717) is 26.2 Å². The maximum atomic E-state index is 7.33. The Bertz CT molecular complexity index is 174. The fourth-order valence-electron chi connectivity index (χ4n) is 0. The molecule has 0 aromatic rings. The fourth-order valence-corrected chi connectivity index (χ4v) is 0. The van der Waals surface area contributed by atoms with Crippen LogP contribution in [0.5, 0.6) is 0 Å². The van der Waals surface area contributed by atoms with Gasteiger partial charge in [-0.2, -0.15) is 0 Å². The van der Waals surface area contributed by atoms with Crippen molar-refractivity contribution in [2.75, 3.05) is 26.2 Å². The third kappa shape index (κ3) is 657. The predicted molar refractivity (Wildman–Crippen MR) is 91.6 cm³/mol. The first-order valence-corrected chi connectivity index (χ1v) is 7.58. The lowest BCUT2D eigenvalue weighted by Crippen LogP contribution is -2.33. The summed E-state index contributed by atoms with van der Waals surface area (Å²) in [6.07, 6.45) is 6.61. The van der Waals surface area contributed by atoms with Crippen LogP contribution in [0.3, 0.4) is 0 Å². The highest BCUT2D eigenvalue weighted by atomic mass is 28.4. The van der Waals surface area contributed by atoms with E-state index >= 15 is 0 Å². The van der Waals surface area contributed by atoms with E-state index in [2.05, 4.69) is 26.3 Å². The molecule has 8 nitrogen and oxygen atoms in total. The smallest absolute Gasteiger partial charge is 0.368 e. The lowest BCUT2D eigenvalue weighted by atomic mass is 10.7. The minimum absolute atomic E-state index is 0.583. The highest BCUT2D eigenvalue weighted by molar-refractivity contribution is 6.46. The molecule has 0 amide bonds. The molecule has 0 aromatic heterocycles. The van der Waals surface area contributed by atoms with E-state index in [-0.39, 0.29) is 0 Å². The summed E-state index contributed by atoms with van der Waals surface area (Å²) < 4.78 is 0. The van der Waals surface area contributed by atoms with Crippen molar-refractivity contribution in [1.29, 1.82) is 0 Å². The second kappa shape index (κ2) is 36.4. The lowest BCUT2D eigenvalue weighted by Gasteiger charge is -1.91. The SMILES string of the molecule is C=CCN.C=CCN.C=CCN.C=CCN.O[Si](O)(O)O. The molecule has 0 heterocycles. The number of nitrogens with two attached hydrogens (primary N) is 4. The van der Waals surface area contributed by atoms with E-state index in [1.165, 1.54) is 0 Å².